The molecule has 0 spiro atoms. The molecule has 1 fully saturated rings. The second-order valence-electron chi connectivity index (χ2n) is 10.7. The molecule has 5 rings (SSSR count). The van der Waals surface area contributed by atoms with Gasteiger partial charge in [0.15, 0.2) is 0 Å². The van der Waals surface area contributed by atoms with E-state index in [0.717, 1.165) is 68.3 Å². The monoisotopic (exact) mass is 510 g/mol. The minimum absolute atomic E-state index is 0.00265. The Hall–Kier alpha value is -2.58. The highest BCUT2D eigenvalue weighted by Gasteiger charge is 2.26. The first-order valence-corrected chi connectivity index (χ1v) is 13.8. The number of hydrogen-bond acceptors (Lipinski definition) is 6. The van der Waals surface area contributed by atoms with Crippen LogP contribution in [0.3, 0.4) is 0 Å². The van der Waals surface area contributed by atoms with Crippen molar-refractivity contribution in [3.63, 3.8) is 0 Å². The third-order valence-corrected chi connectivity index (χ3v) is 8.32. The Morgan fingerprint density at radius 2 is 2.06 bits per heavy atom. The molecule has 3 aromatic rings. The van der Waals surface area contributed by atoms with Gasteiger partial charge in [0, 0.05) is 41.2 Å². The summed E-state index contributed by atoms with van der Waals surface area (Å²) in [6, 6.07) is 9.79. The number of carbonyl (C=O) groups excluding carboxylic acids is 1. The van der Waals surface area contributed by atoms with Crippen molar-refractivity contribution in [3.05, 3.63) is 52.7 Å². The number of rotatable bonds is 8. The van der Waals surface area contributed by atoms with Gasteiger partial charge >= 0.3 is 0 Å². The fourth-order valence-corrected chi connectivity index (χ4v) is 6.15. The SMILES string of the molecule is CC(C)(F)COc1nc2c(s1)CCN(CCC1CCC(NC(=O)c3cccc4ncccc34)CC1)C2. The van der Waals surface area contributed by atoms with Crippen LogP contribution in [0.4, 0.5) is 4.39 Å². The smallest absolute Gasteiger partial charge is 0.273 e. The molecule has 1 N–H and O–H groups in total. The van der Waals surface area contributed by atoms with Gasteiger partial charge in [-0.3, -0.25) is 14.7 Å². The lowest BCUT2D eigenvalue weighted by atomic mass is 9.84. The van der Waals surface area contributed by atoms with Crippen molar-refractivity contribution < 1.29 is 13.9 Å². The lowest BCUT2D eigenvalue weighted by Gasteiger charge is -2.32. The normalized spacial score (nSPS) is 20.8. The molecule has 8 heteroatoms. The molecule has 0 radical (unpaired) electrons. The fraction of sp³-hybridized carbons (Fsp3) is 0.536. The minimum atomic E-state index is -1.35. The number of alkyl halides is 1. The van der Waals surface area contributed by atoms with Crippen molar-refractivity contribution >= 4 is 28.1 Å². The van der Waals surface area contributed by atoms with Crippen molar-refractivity contribution in [2.24, 2.45) is 5.92 Å². The number of aromatic nitrogens is 2. The van der Waals surface area contributed by atoms with Gasteiger partial charge in [0.2, 0.25) is 0 Å². The van der Waals surface area contributed by atoms with E-state index in [0.29, 0.717) is 16.7 Å². The number of pyridine rings is 1. The number of thiazole rings is 1. The summed E-state index contributed by atoms with van der Waals surface area (Å²) in [7, 11) is 0. The third-order valence-electron chi connectivity index (χ3n) is 7.25. The van der Waals surface area contributed by atoms with E-state index in [1.165, 1.54) is 25.1 Å². The van der Waals surface area contributed by atoms with E-state index in [1.807, 2.05) is 30.3 Å². The molecule has 0 bridgehead atoms. The van der Waals surface area contributed by atoms with Crippen LogP contribution in [0.25, 0.3) is 10.9 Å². The van der Waals surface area contributed by atoms with Crippen LogP contribution in [0.2, 0.25) is 0 Å². The average Bonchev–Trinajstić information content (AvgIpc) is 3.29. The van der Waals surface area contributed by atoms with Gasteiger partial charge in [0.05, 0.1) is 11.2 Å². The second-order valence-corrected chi connectivity index (χ2v) is 11.8. The highest BCUT2D eigenvalue weighted by atomic mass is 32.1. The molecule has 3 heterocycles. The van der Waals surface area contributed by atoms with Gasteiger partial charge in [0.25, 0.3) is 11.1 Å². The minimum Gasteiger partial charge on any atom is -0.467 e. The van der Waals surface area contributed by atoms with Crippen molar-refractivity contribution in [2.75, 3.05) is 19.7 Å². The Labute approximate surface area is 216 Å². The number of fused-ring (bicyclic) bond motifs is 2. The van der Waals surface area contributed by atoms with Gasteiger partial charge in [-0.2, -0.15) is 0 Å². The van der Waals surface area contributed by atoms with Crippen LogP contribution in [-0.2, 0) is 13.0 Å². The summed E-state index contributed by atoms with van der Waals surface area (Å²) in [4.78, 5) is 25.7. The standard InChI is InChI=1S/C28H35FN4O2S/c1-28(2,29)18-35-27-32-24-17-33(16-13-25(24)36-27)15-12-19-8-10-20(11-9-19)31-26(34)22-5-3-7-23-21(22)6-4-14-30-23/h3-7,14,19-20H,8-13,15-18H2,1-2H3,(H,31,34). The Morgan fingerprint density at radius 3 is 2.86 bits per heavy atom. The number of nitrogens with one attached hydrogen (secondary N) is 1. The summed E-state index contributed by atoms with van der Waals surface area (Å²) >= 11 is 1.56. The van der Waals surface area contributed by atoms with E-state index in [-0.39, 0.29) is 18.6 Å². The molecule has 6 nitrogen and oxygen atoms in total. The highest BCUT2D eigenvalue weighted by Crippen LogP contribution is 2.32. The molecular formula is C28H35FN4O2S. The molecule has 1 amide bonds. The number of ether oxygens (including phenoxy) is 1. The summed E-state index contributed by atoms with van der Waals surface area (Å²) in [5.74, 6) is 0.699. The number of nitrogens with zero attached hydrogens (tertiary/aromatic N) is 3. The molecule has 0 unspecified atom stereocenters. The molecular weight excluding hydrogens is 475 g/mol. The maximum absolute atomic E-state index is 13.7. The number of carbonyl (C=O) groups is 1. The van der Waals surface area contributed by atoms with Crippen LogP contribution in [0.5, 0.6) is 5.19 Å². The van der Waals surface area contributed by atoms with Crippen LogP contribution < -0.4 is 10.1 Å². The molecule has 1 aliphatic carbocycles. The molecule has 1 aliphatic heterocycles. The van der Waals surface area contributed by atoms with Crippen molar-refractivity contribution in [1.29, 1.82) is 0 Å². The zero-order valence-corrected chi connectivity index (χ0v) is 22.0. The van der Waals surface area contributed by atoms with E-state index in [2.05, 4.69) is 20.2 Å². The van der Waals surface area contributed by atoms with Gasteiger partial charge < -0.3 is 10.1 Å². The lowest BCUT2D eigenvalue weighted by molar-refractivity contribution is 0.0921. The topological polar surface area (TPSA) is 67.3 Å². The van der Waals surface area contributed by atoms with Crippen LogP contribution in [0, 0.1) is 5.92 Å². The molecule has 2 aliphatic rings. The van der Waals surface area contributed by atoms with Crippen molar-refractivity contribution in [3.8, 4) is 5.19 Å². The maximum atomic E-state index is 13.7. The Morgan fingerprint density at radius 1 is 1.22 bits per heavy atom. The van der Waals surface area contributed by atoms with Crippen LogP contribution in [0.15, 0.2) is 36.5 Å². The zero-order valence-electron chi connectivity index (χ0n) is 21.1. The van der Waals surface area contributed by atoms with E-state index in [9.17, 15) is 9.18 Å². The van der Waals surface area contributed by atoms with E-state index in [1.54, 1.807) is 17.5 Å². The molecule has 1 saturated carbocycles. The Bertz CT molecular complexity index is 1190. The summed E-state index contributed by atoms with van der Waals surface area (Å²) < 4.78 is 19.3. The highest BCUT2D eigenvalue weighted by molar-refractivity contribution is 7.13. The maximum Gasteiger partial charge on any atom is 0.273 e. The first-order chi connectivity index (χ1) is 17.3. The van der Waals surface area contributed by atoms with Crippen LogP contribution in [0.1, 0.15) is 66.9 Å². The molecule has 36 heavy (non-hydrogen) atoms. The van der Waals surface area contributed by atoms with Gasteiger partial charge in [-0.05, 0) is 83.0 Å². The fourth-order valence-electron chi connectivity index (χ4n) is 5.24. The zero-order chi connectivity index (χ0) is 25.1. The third kappa shape index (κ3) is 6.21. The predicted molar refractivity (Wildman–Crippen MR) is 141 cm³/mol. The average molecular weight is 511 g/mol. The van der Waals surface area contributed by atoms with Crippen LogP contribution in [-0.4, -0.2) is 52.2 Å². The van der Waals surface area contributed by atoms with Gasteiger partial charge in [-0.1, -0.05) is 23.5 Å². The number of halogens is 1. The summed E-state index contributed by atoms with van der Waals surface area (Å²) in [6.07, 6.45) is 8.27. The number of hydrogen-bond donors (Lipinski definition) is 1. The molecule has 2 aromatic heterocycles. The summed E-state index contributed by atoms with van der Waals surface area (Å²) in [6.45, 7) is 6.02. The van der Waals surface area contributed by atoms with Crippen LogP contribution >= 0.6 is 11.3 Å². The second kappa shape index (κ2) is 10.8. The molecule has 192 valence electrons. The van der Waals surface area contributed by atoms with Crippen molar-refractivity contribution in [2.45, 2.75) is 70.6 Å². The van der Waals surface area contributed by atoms with Gasteiger partial charge in [-0.15, -0.1) is 0 Å². The first-order valence-electron chi connectivity index (χ1n) is 13.0. The molecule has 0 saturated heterocycles. The van der Waals surface area contributed by atoms with Crippen molar-refractivity contribution in [1.82, 2.24) is 20.2 Å². The van der Waals surface area contributed by atoms with E-state index < -0.39 is 5.67 Å². The molecule has 0 atom stereocenters. The first kappa shape index (κ1) is 25.1. The number of benzene rings is 1. The van der Waals surface area contributed by atoms with E-state index >= 15 is 0 Å². The van der Waals surface area contributed by atoms with Gasteiger partial charge in [0.1, 0.15) is 12.3 Å². The summed E-state index contributed by atoms with van der Waals surface area (Å²) in [5.41, 5.74) is 1.29. The summed E-state index contributed by atoms with van der Waals surface area (Å²) in [5, 5.41) is 4.76. The number of amides is 1. The lowest BCUT2D eigenvalue weighted by Crippen LogP contribution is -2.38. The molecule has 1 aromatic carbocycles. The van der Waals surface area contributed by atoms with E-state index in [4.69, 9.17) is 4.74 Å². The van der Waals surface area contributed by atoms with Gasteiger partial charge in [-0.25, -0.2) is 9.37 Å². The quantitative estimate of drug-likeness (QED) is 0.430. The predicted octanol–water partition coefficient (Wildman–Crippen LogP) is 5.56. The largest absolute Gasteiger partial charge is 0.467 e. The Balaban J connectivity index is 1.06. The Kier molecular flexibility index (Phi) is 7.53.